The molecule has 10 heteroatoms. The molecule has 35 heavy (non-hydrogen) atoms. The van der Waals surface area contributed by atoms with Gasteiger partial charge in [0.05, 0.1) is 28.4 Å². The van der Waals surface area contributed by atoms with Gasteiger partial charge in [0.2, 0.25) is 5.75 Å². The molecule has 180 valence electrons. The van der Waals surface area contributed by atoms with Gasteiger partial charge in [0.1, 0.15) is 11.5 Å². The van der Waals surface area contributed by atoms with Gasteiger partial charge in [-0.2, -0.15) is 0 Å². The van der Waals surface area contributed by atoms with Crippen LogP contribution in [0.15, 0.2) is 47.9 Å². The number of methoxy groups -OCH3 is 4. The molecule has 0 aliphatic rings. The zero-order valence-corrected chi connectivity index (χ0v) is 22.9. The Bertz CT molecular complexity index is 1190. The van der Waals surface area contributed by atoms with Crippen LogP contribution in [0, 0.1) is 0 Å². The van der Waals surface area contributed by atoms with E-state index in [1.807, 2.05) is 17.5 Å². The Morgan fingerprint density at radius 3 is 2.11 bits per heavy atom. The van der Waals surface area contributed by atoms with E-state index >= 15 is 0 Å². The monoisotopic (exact) mass is 508 g/mol. The summed E-state index contributed by atoms with van der Waals surface area (Å²) < 4.78 is 26.9. The Morgan fingerprint density at radius 2 is 1.60 bits per heavy atom. The summed E-state index contributed by atoms with van der Waals surface area (Å²) in [6, 6.07) is 10.3. The first-order valence-electron chi connectivity index (χ1n) is 10.0. The van der Waals surface area contributed by atoms with Gasteiger partial charge in [0.25, 0.3) is 0 Å². The number of aliphatic carboxylic acids is 1. The van der Waals surface area contributed by atoms with Gasteiger partial charge in [-0.1, -0.05) is 6.07 Å². The summed E-state index contributed by atoms with van der Waals surface area (Å²) in [7, 11) is 5.93. The van der Waals surface area contributed by atoms with Crippen LogP contribution in [0.5, 0.6) is 28.7 Å². The quantitative estimate of drug-likeness (QED) is 0.238. The molecule has 0 fully saturated rings. The molecule has 0 unspecified atom stereocenters. The number of benzene rings is 2. The molecule has 1 N–H and O–H groups in total. The SMILES string of the molecule is COc1cc(OCC(=O)O)c(-c2cccs2)cc1/C=C/C(=O)c1cc(OC)c(OC)c(OC)c1.[H-].[Na+]. The zero-order valence-electron chi connectivity index (χ0n) is 21.1. The molecule has 2 aromatic carbocycles. The molecule has 0 amide bonds. The summed E-state index contributed by atoms with van der Waals surface area (Å²) >= 11 is 1.48. The molecule has 0 radical (unpaired) electrons. The predicted octanol–water partition coefficient (Wildman–Crippen LogP) is 1.93. The van der Waals surface area contributed by atoms with Crippen LogP contribution in [-0.2, 0) is 4.79 Å². The number of hydrogen-bond acceptors (Lipinski definition) is 8. The maximum absolute atomic E-state index is 12.9. The van der Waals surface area contributed by atoms with Crippen molar-refractivity contribution in [2.45, 2.75) is 0 Å². The molecule has 8 nitrogen and oxygen atoms in total. The van der Waals surface area contributed by atoms with E-state index in [4.69, 9.17) is 28.8 Å². The molecule has 0 saturated heterocycles. The first-order chi connectivity index (χ1) is 16.4. The van der Waals surface area contributed by atoms with Crippen LogP contribution in [0.25, 0.3) is 16.5 Å². The second kappa shape index (κ2) is 13.2. The van der Waals surface area contributed by atoms with Crippen molar-refractivity contribution in [3.05, 3.63) is 59.0 Å². The fraction of sp³-hybridized carbons (Fsp3) is 0.200. The van der Waals surface area contributed by atoms with Gasteiger partial charge in [-0.05, 0) is 41.8 Å². The van der Waals surface area contributed by atoms with Crippen LogP contribution in [0.2, 0.25) is 0 Å². The number of carboxylic acid groups (broad SMARTS) is 1. The molecule has 1 heterocycles. The average molecular weight is 509 g/mol. The topological polar surface area (TPSA) is 101 Å². The third-order valence-electron chi connectivity index (χ3n) is 4.83. The minimum atomic E-state index is -1.09. The van der Waals surface area contributed by atoms with Crippen molar-refractivity contribution in [2.75, 3.05) is 35.0 Å². The Kier molecular flexibility index (Phi) is 10.7. The van der Waals surface area contributed by atoms with Crippen LogP contribution in [0.4, 0.5) is 0 Å². The van der Waals surface area contributed by atoms with Gasteiger partial charge < -0.3 is 30.2 Å². The van der Waals surface area contributed by atoms with Crippen LogP contribution >= 0.6 is 11.3 Å². The van der Waals surface area contributed by atoms with E-state index in [0.717, 1.165) is 4.88 Å². The largest absolute Gasteiger partial charge is 1.00 e. The molecule has 0 spiro atoms. The summed E-state index contributed by atoms with van der Waals surface area (Å²) in [6.07, 6.45) is 3.04. The Balaban J connectivity index is 0.00000324. The number of carboxylic acids is 1. The number of hydrogen-bond donors (Lipinski definition) is 1. The number of allylic oxidation sites excluding steroid dienone is 1. The van der Waals surface area contributed by atoms with Crippen molar-refractivity contribution in [3.8, 4) is 39.2 Å². The van der Waals surface area contributed by atoms with Gasteiger partial charge in [-0.15, -0.1) is 11.3 Å². The maximum atomic E-state index is 12.9. The Morgan fingerprint density at radius 1 is 0.943 bits per heavy atom. The molecular formula is C25H25NaO8S. The number of rotatable bonds is 11. The molecule has 3 rings (SSSR count). The standard InChI is InChI=1S/C25H24O8S.Na.H/c1-29-19-13-20(33-14-24(27)28)17(23-6-5-9-34-23)10-15(19)7-8-18(26)16-11-21(30-2)25(32-4)22(12-16)31-3;;/h5-13H,14H2,1-4H3,(H,27,28);;/q;+1;-1/b8-7+;;. The number of ketones is 1. The third-order valence-corrected chi connectivity index (χ3v) is 5.74. The van der Waals surface area contributed by atoms with Crippen LogP contribution in [-0.4, -0.2) is 51.9 Å². The number of ether oxygens (including phenoxy) is 5. The van der Waals surface area contributed by atoms with Gasteiger partial charge in [-0.25, -0.2) is 4.79 Å². The van der Waals surface area contributed by atoms with Gasteiger partial charge >= 0.3 is 35.5 Å². The minimum absolute atomic E-state index is 0. The molecule has 0 aliphatic heterocycles. The summed E-state index contributed by atoms with van der Waals surface area (Å²) in [5.74, 6) is 0.558. The summed E-state index contributed by atoms with van der Waals surface area (Å²) in [5, 5.41) is 10.9. The van der Waals surface area contributed by atoms with Crippen LogP contribution in [0.1, 0.15) is 17.3 Å². The van der Waals surface area contributed by atoms with Crippen molar-refractivity contribution in [3.63, 3.8) is 0 Å². The summed E-state index contributed by atoms with van der Waals surface area (Å²) in [6.45, 7) is -0.490. The van der Waals surface area contributed by atoms with Crippen molar-refractivity contribution >= 4 is 29.2 Å². The molecular weight excluding hydrogens is 483 g/mol. The van der Waals surface area contributed by atoms with E-state index in [2.05, 4.69) is 0 Å². The van der Waals surface area contributed by atoms with Gasteiger partial charge in [0, 0.05) is 27.6 Å². The molecule has 1 aromatic heterocycles. The average Bonchev–Trinajstić information content (AvgIpc) is 3.39. The predicted molar refractivity (Wildman–Crippen MR) is 130 cm³/mol. The first kappa shape index (κ1) is 28.3. The van der Waals surface area contributed by atoms with Crippen molar-refractivity contribution in [1.82, 2.24) is 0 Å². The van der Waals surface area contributed by atoms with E-state index in [-0.39, 0.29) is 36.8 Å². The third kappa shape index (κ3) is 6.79. The first-order valence-corrected chi connectivity index (χ1v) is 10.9. The molecule has 0 atom stereocenters. The minimum Gasteiger partial charge on any atom is -1.00 e. The fourth-order valence-corrected chi connectivity index (χ4v) is 4.00. The molecule has 0 saturated carbocycles. The van der Waals surface area contributed by atoms with Gasteiger partial charge in [0.15, 0.2) is 23.9 Å². The van der Waals surface area contributed by atoms with E-state index in [9.17, 15) is 9.59 Å². The summed E-state index contributed by atoms with van der Waals surface area (Å²) in [5.41, 5.74) is 1.66. The van der Waals surface area contributed by atoms with Crippen LogP contribution < -0.4 is 53.2 Å². The van der Waals surface area contributed by atoms with E-state index < -0.39 is 12.6 Å². The molecule has 0 bridgehead atoms. The number of carbonyl (C=O) groups excluding carboxylic acids is 1. The zero-order chi connectivity index (χ0) is 24.7. The second-order valence-electron chi connectivity index (χ2n) is 6.86. The van der Waals surface area contributed by atoms with Crippen LogP contribution in [0.3, 0.4) is 0 Å². The second-order valence-corrected chi connectivity index (χ2v) is 7.81. The smallest absolute Gasteiger partial charge is 1.00 e. The van der Waals surface area contributed by atoms with E-state index in [0.29, 0.717) is 45.4 Å². The molecule has 0 aliphatic carbocycles. The Labute approximate surface area is 230 Å². The van der Waals surface area contributed by atoms with Gasteiger partial charge in [-0.3, -0.25) is 4.79 Å². The number of carbonyl (C=O) groups is 2. The van der Waals surface area contributed by atoms with E-state index in [1.165, 1.54) is 45.9 Å². The van der Waals surface area contributed by atoms with Crippen molar-refractivity contribution in [2.24, 2.45) is 0 Å². The van der Waals surface area contributed by atoms with Crippen molar-refractivity contribution in [1.29, 1.82) is 0 Å². The maximum Gasteiger partial charge on any atom is 1.00 e. The summed E-state index contributed by atoms with van der Waals surface area (Å²) in [4.78, 5) is 24.8. The normalized spacial score (nSPS) is 10.4. The van der Waals surface area contributed by atoms with E-state index in [1.54, 1.807) is 30.3 Å². The number of thiophene rings is 1. The fourth-order valence-electron chi connectivity index (χ4n) is 3.25. The van der Waals surface area contributed by atoms with Crippen molar-refractivity contribution < 1.29 is 69.4 Å². The Hall–Kier alpha value is -2.98. The molecule has 3 aromatic rings.